The van der Waals surface area contributed by atoms with Crippen molar-refractivity contribution in [3.63, 3.8) is 0 Å². The van der Waals surface area contributed by atoms with Crippen molar-refractivity contribution < 1.29 is 0 Å². The number of nitrogens with one attached hydrogen (secondary N) is 2. The summed E-state index contributed by atoms with van der Waals surface area (Å²) in [6.07, 6.45) is 0. The molecule has 1 aliphatic heterocycles. The summed E-state index contributed by atoms with van der Waals surface area (Å²) in [7, 11) is 0. The Morgan fingerprint density at radius 1 is 1.54 bits per heavy atom. The summed E-state index contributed by atoms with van der Waals surface area (Å²) in [6, 6.07) is 0.721. The second-order valence-corrected chi connectivity index (χ2v) is 4.60. The summed E-state index contributed by atoms with van der Waals surface area (Å²) in [6.45, 7) is 5.09. The highest BCUT2D eigenvalue weighted by Gasteiger charge is 2.17. The van der Waals surface area contributed by atoms with Gasteiger partial charge in [0.05, 0.1) is 5.69 Å². The third kappa shape index (κ3) is 1.89. The van der Waals surface area contributed by atoms with Gasteiger partial charge >= 0.3 is 0 Å². The molecule has 1 fully saturated rings. The lowest BCUT2D eigenvalue weighted by Crippen LogP contribution is -2.39. The maximum atomic E-state index is 4.17. The normalized spacial score (nSPS) is 17.4. The van der Waals surface area contributed by atoms with Crippen LogP contribution in [-0.4, -0.2) is 27.7 Å². The predicted molar refractivity (Wildman–Crippen MR) is 56.0 cm³/mol. The van der Waals surface area contributed by atoms with Crippen molar-refractivity contribution in [2.24, 2.45) is 0 Å². The average molecular weight is 197 g/mol. The van der Waals surface area contributed by atoms with Gasteiger partial charge in [-0.2, -0.15) is 16.9 Å². The van der Waals surface area contributed by atoms with Gasteiger partial charge in [0.15, 0.2) is 0 Å². The monoisotopic (exact) mass is 197 g/mol. The molecule has 0 atom stereocenters. The van der Waals surface area contributed by atoms with E-state index in [2.05, 4.69) is 29.4 Å². The van der Waals surface area contributed by atoms with Gasteiger partial charge in [-0.3, -0.25) is 5.10 Å². The molecule has 1 aromatic rings. The first-order valence-electron chi connectivity index (χ1n) is 4.59. The highest BCUT2D eigenvalue weighted by atomic mass is 32.2. The number of aryl methyl sites for hydroxylation is 2. The van der Waals surface area contributed by atoms with Crippen LogP contribution in [0.2, 0.25) is 0 Å². The van der Waals surface area contributed by atoms with Crippen LogP contribution >= 0.6 is 11.8 Å². The van der Waals surface area contributed by atoms with E-state index in [9.17, 15) is 0 Å². The molecule has 13 heavy (non-hydrogen) atoms. The number of H-pyrrole nitrogens is 1. The van der Waals surface area contributed by atoms with E-state index < -0.39 is 0 Å². The molecule has 0 aliphatic carbocycles. The van der Waals surface area contributed by atoms with Gasteiger partial charge in [0.1, 0.15) is 0 Å². The number of hydrogen-bond acceptors (Lipinski definition) is 3. The minimum absolute atomic E-state index is 0.721. The molecule has 0 spiro atoms. The Labute approximate surface area is 82.7 Å². The molecule has 4 heteroatoms. The van der Waals surface area contributed by atoms with Crippen LogP contribution in [0, 0.1) is 13.8 Å². The Balaban J connectivity index is 1.92. The predicted octanol–water partition coefficient (Wildman–Crippen LogP) is 1.23. The molecule has 0 amide bonds. The Kier molecular flexibility index (Phi) is 2.60. The van der Waals surface area contributed by atoms with Crippen molar-refractivity contribution in [3.05, 3.63) is 17.0 Å². The van der Waals surface area contributed by atoms with Crippen LogP contribution in [0.15, 0.2) is 0 Å². The molecule has 2 N–H and O–H groups in total. The highest BCUT2D eigenvalue weighted by Crippen LogP contribution is 2.18. The van der Waals surface area contributed by atoms with E-state index in [1.807, 2.05) is 11.8 Å². The van der Waals surface area contributed by atoms with Gasteiger partial charge in [-0.05, 0) is 13.8 Å². The standard InChI is InChI=1S/C9H15N3S/c1-6-9(7(2)12-11-6)3-10-8-4-13-5-8/h8,10H,3-5H2,1-2H3,(H,11,12). The van der Waals surface area contributed by atoms with Crippen LogP contribution in [0.5, 0.6) is 0 Å². The van der Waals surface area contributed by atoms with Crippen molar-refractivity contribution in [2.75, 3.05) is 11.5 Å². The first-order chi connectivity index (χ1) is 6.27. The number of aromatic amines is 1. The maximum absolute atomic E-state index is 4.17. The van der Waals surface area contributed by atoms with E-state index in [1.54, 1.807) is 0 Å². The number of rotatable bonds is 3. The summed E-state index contributed by atoms with van der Waals surface area (Å²) in [5, 5.41) is 10.7. The molecule has 0 radical (unpaired) electrons. The summed E-state index contributed by atoms with van der Waals surface area (Å²) in [4.78, 5) is 0. The molecule has 72 valence electrons. The first-order valence-corrected chi connectivity index (χ1v) is 5.74. The molecular formula is C9H15N3S. The maximum Gasteiger partial charge on any atom is 0.0638 e. The molecule has 3 nitrogen and oxygen atoms in total. The van der Waals surface area contributed by atoms with Crippen LogP contribution in [-0.2, 0) is 6.54 Å². The van der Waals surface area contributed by atoms with Gasteiger partial charge in [0.25, 0.3) is 0 Å². The lowest BCUT2D eigenvalue weighted by atomic mass is 10.2. The van der Waals surface area contributed by atoms with Gasteiger partial charge in [0.2, 0.25) is 0 Å². The van der Waals surface area contributed by atoms with Crippen LogP contribution in [0.3, 0.4) is 0 Å². The van der Waals surface area contributed by atoms with Crippen molar-refractivity contribution >= 4 is 11.8 Å². The molecule has 0 aromatic carbocycles. The van der Waals surface area contributed by atoms with Gasteiger partial charge < -0.3 is 5.32 Å². The minimum atomic E-state index is 0.721. The minimum Gasteiger partial charge on any atom is -0.308 e. The number of thioether (sulfide) groups is 1. The van der Waals surface area contributed by atoms with Crippen molar-refractivity contribution in [1.82, 2.24) is 15.5 Å². The Morgan fingerprint density at radius 3 is 2.77 bits per heavy atom. The lowest BCUT2D eigenvalue weighted by molar-refractivity contribution is 0.580. The summed E-state index contributed by atoms with van der Waals surface area (Å²) >= 11 is 2.00. The molecule has 0 bridgehead atoms. The highest BCUT2D eigenvalue weighted by molar-refractivity contribution is 8.00. The molecule has 0 saturated carbocycles. The van der Waals surface area contributed by atoms with E-state index in [0.29, 0.717) is 0 Å². The fourth-order valence-electron chi connectivity index (χ4n) is 1.43. The molecule has 2 heterocycles. The van der Waals surface area contributed by atoms with Crippen LogP contribution in [0.4, 0.5) is 0 Å². The topological polar surface area (TPSA) is 40.7 Å². The summed E-state index contributed by atoms with van der Waals surface area (Å²) in [5.74, 6) is 2.52. The molecule has 1 saturated heterocycles. The fraction of sp³-hybridized carbons (Fsp3) is 0.667. The van der Waals surface area contributed by atoms with Gasteiger partial charge in [-0.1, -0.05) is 0 Å². The zero-order chi connectivity index (χ0) is 9.26. The van der Waals surface area contributed by atoms with Crippen LogP contribution in [0.1, 0.15) is 17.0 Å². The van der Waals surface area contributed by atoms with Gasteiger partial charge in [-0.25, -0.2) is 0 Å². The van der Waals surface area contributed by atoms with E-state index in [-0.39, 0.29) is 0 Å². The average Bonchev–Trinajstić information content (AvgIpc) is 2.32. The van der Waals surface area contributed by atoms with Crippen molar-refractivity contribution in [2.45, 2.75) is 26.4 Å². The van der Waals surface area contributed by atoms with E-state index in [4.69, 9.17) is 0 Å². The van der Waals surface area contributed by atoms with Gasteiger partial charge in [0, 0.05) is 35.3 Å². The zero-order valence-electron chi connectivity index (χ0n) is 8.05. The van der Waals surface area contributed by atoms with Crippen molar-refractivity contribution in [1.29, 1.82) is 0 Å². The quantitative estimate of drug-likeness (QED) is 0.766. The fourth-order valence-corrected chi connectivity index (χ4v) is 2.14. The third-order valence-corrected chi connectivity index (χ3v) is 3.76. The summed E-state index contributed by atoms with van der Waals surface area (Å²) in [5.41, 5.74) is 3.64. The number of aromatic nitrogens is 2. The Bertz CT molecular complexity index is 272. The molecule has 2 rings (SSSR count). The first kappa shape index (κ1) is 9.09. The van der Waals surface area contributed by atoms with Gasteiger partial charge in [-0.15, -0.1) is 0 Å². The molecule has 1 aliphatic rings. The second kappa shape index (κ2) is 3.72. The third-order valence-electron chi connectivity index (χ3n) is 2.49. The zero-order valence-corrected chi connectivity index (χ0v) is 8.87. The largest absolute Gasteiger partial charge is 0.308 e. The lowest BCUT2D eigenvalue weighted by Gasteiger charge is -2.26. The van der Waals surface area contributed by atoms with Crippen LogP contribution in [0.25, 0.3) is 0 Å². The molecular weight excluding hydrogens is 182 g/mol. The number of hydrogen-bond donors (Lipinski definition) is 2. The van der Waals surface area contributed by atoms with Crippen molar-refractivity contribution in [3.8, 4) is 0 Å². The van der Waals surface area contributed by atoms with E-state index >= 15 is 0 Å². The number of nitrogens with zero attached hydrogens (tertiary/aromatic N) is 1. The smallest absolute Gasteiger partial charge is 0.0638 e. The summed E-state index contributed by atoms with van der Waals surface area (Å²) < 4.78 is 0. The Morgan fingerprint density at radius 2 is 2.31 bits per heavy atom. The molecule has 0 unspecified atom stereocenters. The van der Waals surface area contributed by atoms with E-state index in [0.717, 1.165) is 18.3 Å². The molecule has 1 aromatic heterocycles. The Hall–Kier alpha value is -0.480. The van der Waals surface area contributed by atoms with Crippen LogP contribution < -0.4 is 5.32 Å². The SMILES string of the molecule is Cc1n[nH]c(C)c1CNC1CSC1. The second-order valence-electron chi connectivity index (χ2n) is 3.53. The van der Waals surface area contributed by atoms with E-state index in [1.165, 1.54) is 22.8 Å².